The molecule has 3 N–H and O–H groups in total. The van der Waals surface area contributed by atoms with Gasteiger partial charge in [-0.2, -0.15) is 0 Å². The van der Waals surface area contributed by atoms with Gasteiger partial charge in [0.2, 0.25) is 10.0 Å². The first-order valence-electron chi connectivity index (χ1n) is 7.95. The minimum atomic E-state index is -3.10. The maximum Gasteiger partial charge on any atom is 0.211 e. The first-order valence-corrected chi connectivity index (χ1v) is 9.80. The molecule has 6 nitrogen and oxygen atoms in total. The predicted molar refractivity (Wildman–Crippen MR) is 87.8 cm³/mol. The fourth-order valence-electron chi connectivity index (χ4n) is 2.68. The van der Waals surface area contributed by atoms with Crippen molar-refractivity contribution in [1.82, 2.24) is 9.62 Å². The van der Waals surface area contributed by atoms with Crippen LogP contribution >= 0.6 is 0 Å². The summed E-state index contributed by atoms with van der Waals surface area (Å²) in [7, 11) is -3.10. The molecule has 1 rings (SSSR count). The lowest BCUT2D eigenvalue weighted by molar-refractivity contribution is 0.427. The maximum absolute atomic E-state index is 11.4. The highest BCUT2D eigenvalue weighted by atomic mass is 32.2. The number of hydrogen-bond acceptors (Lipinski definition) is 3. The lowest BCUT2D eigenvalue weighted by Gasteiger charge is -2.18. The summed E-state index contributed by atoms with van der Waals surface area (Å²) in [6.45, 7) is 3.39. The van der Waals surface area contributed by atoms with Crippen molar-refractivity contribution in [2.75, 3.05) is 25.9 Å². The molecule has 0 aromatic heterocycles. The number of nitrogens with zero attached hydrogens (tertiary/aromatic N) is 2. The normalized spacial score (nSPS) is 18.7. The first-order chi connectivity index (χ1) is 9.93. The molecule has 7 heteroatoms. The van der Waals surface area contributed by atoms with E-state index in [0.717, 1.165) is 12.8 Å². The number of nitrogens with two attached hydrogens (primary N) is 1. The molecule has 0 heterocycles. The summed E-state index contributed by atoms with van der Waals surface area (Å²) < 4.78 is 24.3. The van der Waals surface area contributed by atoms with E-state index in [-0.39, 0.29) is 0 Å². The van der Waals surface area contributed by atoms with Gasteiger partial charge in [0.25, 0.3) is 0 Å². The third-order valence-electron chi connectivity index (χ3n) is 3.88. The molecule has 0 aliphatic heterocycles. The topological polar surface area (TPSA) is 87.8 Å². The van der Waals surface area contributed by atoms with Crippen molar-refractivity contribution in [3.05, 3.63) is 0 Å². The predicted octanol–water partition coefficient (Wildman–Crippen LogP) is 1.29. The van der Waals surface area contributed by atoms with Crippen molar-refractivity contribution in [3.63, 3.8) is 0 Å². The molecule has 1 aliphatic carbocycles. The van der Waals surface area contributed by atoms with E-state index in [2.05, 4.69) is 10.3 Å². The van der Waals surface area contributed by atoms with Gasteiger partial charge < -0.3 is 11.1 Å². The number of guanidine groups is 1. The average molecular weight is 318 g/mol. The summed E-state index contributed by atoms with van der Waals surface area (Å²) in [6.07, 6.45) is 9.38. The van der Waals surface area contributed by atoms with Crippen LogP contribution in [0.1, 0.15) is 51.9 Å². The van der Waals surface area contributed by atoms with Crippen molar-refractivity contribution in [1.29, 1.82) is 0 Å². The summed E-state index contributed by atoms with van der Waals surface area (Å²) in [6, 6.07) is 0.444. The van der Waals surface area contributed by atoms with Crippen LogP contribution in [0.2, 0.25) is 0 Å². The van der Waals surface area contributed by atoms with Crippen LogP contribution in [0, 0.1) is 0 Å². The third-order valence-corrected chi connectivity index (χ3v) is 5.26. The average Bonchev–Trinajstić information content (AvgIpc) is 2.65. The third kappa shape index (κ3) is 7.66. The molecule has 1 fully saturated rings. The quantitative estimate of drug-likeness (QED) is 0.320. The number of nitrogens with one attached hydrogen (secondary N) is 1. The molecular formula is C14H30N4O2S. The molecule has 0 unspecified atom stereocenters. The van der Waals surface area contributed by atoms with Crippen LogP contribution in [0.3, 0.4) is 0 Å². The van der Waals surface area contributed by atoms with Crippen LogP contribution in [-0.4, -0.2) is 50.6 Å². The van der Waals surface area contributed by atoms with Crippen LogP contribution in [0.25, 0.3) is 0 Å². The maximum atomic E-state index is 11.4. The molecule has 0 saturated heterocycles. The van der Waals surface area contributed by atoms with Crippen LogP contribution in [0.5, 0.6) is 0 Å². The minimum Gasteiger partial charge on any atom is -0.370 e. The Balaban J connectivity index is 2.28. The molecule has 1 aliphatic rings. The zero-order chi connectivity index (χ0) is 15.7. The summed E-state index contributed by atoms with van der Waals surface area (Å²) >= 11 is 0. The SMILES string of the molecule is CCN(CCCN=C(N)NC1CCCCCC1)S(C)(=O)=O. The molecule has 0 bridgehead atoms. The second kappa shape index (κ2) is 9.25. The smallest absolute Gasteiger partial charge is 0.211 e. The Morgan fingerprint density at radius 1 is 1.29 bits per heavy atom. The highest BCUT2D eigenvalue weighted by Crippen LogP contribution is 2.16. The Labute approximate surface area is 129 Å². The Bertz CT molecular complexity index is 415. The van der Waals surface area contributed by atoms with E-state index in [1.165, 1.54) is 36.2 Å². The fraction of sp³-hybridized carbons (Fsp3) is 0.929. The molecular weight excluding hydrogens is 288 g/mol. The Morgan fingerprint density at radius 3 is 2.43 bits per heavy atom. The van der Waals surface area contributed by atoms with E-state index >= 15 is 0 Å². The van der Waals surface area contributed by atoms with Gasteiger partial charge in [0.1, 0.15) is 0 Å². The minimum absolute atomic E-state index is 0.444. The first kappa shape index (κ1) is 18.2. The standard InChI is InChI=1S/C14H30N4O2S/c1-3-18(21(2,19)20)12-8-11-16-14(15)17-13-9-6-4-5-7-10-13/h13H,3-12H2,1-2H3,(H3,15,16,17). The van der Waals surface area contributed by atoms with Gasteiger partial charge in [0, 0.05) is 25.7 Å². The molecule has 21 heavy (non-hydrogen) atoms. The van der Waals surface area contributed by atoms with Crippen LogP contribution < -0.4 is 11.1 Å². The number of sulfonamides is 1. The van der Waals surface area contributed by atoms with Crippen molar-refractivity contribution in [2.45, 2.75) is 57.9 Å². The van der Waals surface area contributed by atoms with Gasteiger partial charge >= 0.3 is 0 Å². The molecule has 124 valence electrons. The number of aliphatic imine (C=N–C) groups is 1. The second-order valence-electron chi connectivity index (χ2n) is 5.71. The van der Waals surface area contributed by atoms with E-state index in [1.54, 1.807) is 0 Å². The van der Waals surface area contributed by atoms with Gasteiger partial charge in [-0.25, -0.2) is 12.7 Å². The highest BCUT2D eigenvalue weighted by molar-refractivity contribution is 7.88. The lowest BCUT2D eigenvalue weighted by Crippen LogP contribution is -2.40. The molecule has 0 atom stereocenters. The van der Waals surface area contributed by atoms with Crippen molar-refractivity contribution >= 4 is 16.0 Å². The van der Waals surface area contributed by atoms with E-state index in [1.807, 2.05) is 6.92 Å². The molecule has 0 aromatic rings. The van der Waals surface area contributed by atoms with Gasteiger partial charge in [-0.15, -0.1) is 0 Å². The van der Waals surface area contributed by atoms with Crippen LogP contribution in [0.4, 0.5) is 0 Å². The lowest BCUT2D eigenvalue weighted by atomic mass is 10.1. The summed E-state index contributed by atoms with van der Waals surface area (Å²) in [4.78, 5) is 4.30. The molecule has 0 amide bonds. The van der Waals surface area contributed by atoms with Crippen molar-refractivity contribution < 1.29 is 8.42 Å². The van der Waals surface area contributed by atoms with E-state index in [9.17, 15) is 8.42 Å². The number of rotatable bonds is 7. The van der Waals surface area contributed by atoms with Gasteiger partial charge in [-0.05, 0) is 19.3 Å². The molecule has 0 radical (unpaired) electrons. The van der Waals surface area contributed by atoms with Gasteiger partial charge in [-0.1, -0.05) is 32.6 Å². The van der Waals surface area contributed by atoms with Gasteiger partial charge in [0.05, 0.1) is 6.26 Å². The highest BCUT2D eigenvalue weighted by Gasteiger charge is 2.14. The summed E-state index contributed by atoms with van der Waals surface area (Å²) in [5.74, 6) is 0.490. The second-order valence-corrected chi connectivity index (χ2v) is 7.69. The molecule has 0 aromatic carbocycles. The Kier molecular flexibility index (Phi) is 8.03. The van der Waals surface area contributed by atoms with E-state index < -0.39 is 10.0 Å². The Morgan fingerprint density at radius 2 is 1.90 bits per heavy atom. The Hall–Kier alpha value is -0.820. The number of hydrogen-bond donors (Lipinski definition) is 2. The zero-order valence-corrected chi connectivity index (χ0v) is 14.2. The van der Waals surface area contributed by atoms with Gasteiger partial charge in [0.15, 0.2) is 5.96 Å². The van der Waals surface area contributed by atoms with Crippen LogP contribution in [-0.2, 0) is 10.0 Å². The van der Waals surface area contributed by atoms with Crippen molar-refractivity contribution in [3.8, 4) is 0 Å². The van der Waals surface area contributed by atoms with E-state index in [4.69, 9.17) is 5.73 Å². The largest absolute Gasteiger partial charge is 0.370 e. The van der Waals surface area contributed by atoms with Crippen molar-refractivity contribution in [2.24, 2.45) is 10.7 Å². The monoisotopic (exact) mass is 318 g/mol. The summed E-state index contributed by atoms with van der Waals surface area (Å²) in [5.41, 5.74) is 5.90. The zero-order valence-electron chi connectivity index (χ0n) is 13.3. The summed E-state index contributed by atoms with van der Waals surface area (Å²) in [5, 5.41) is 3.29. The molecule has 0 spiro atoms. The fourth-order valence-corrected chi connectivity index (χ4v) is 3.61. The van der Waals surface area contributed by atoms with Crippen LogP contribution in [0.15, 0.2) is 4.99 Å². The van der Waals surface area contributed by atoms with Gasteiger partial charge in [-0.3, -0.25) is 4.99 Å². The molecule has 1 saturated carbocycles. The van der Waals surface area contributed by atoms with E-state index in [0.29, 0.717) is 38.1 Å².